The van der Waals surface area contributed by atoms with E-state index < -0.39 is 0 Å². The van der Waals surface area contributed by atoms with Crippen LogP contribution in [0.1, 0.15) is 6.42 Å². The zero-order valence-corrected chi connectivity index (χ0v) is 6.05. The summed E-state index contributed by atoms with van der Waals surface area (Å²) in [5.41, 5.74) is 2.20. The molecule has 0 saturated heterocycles. The van der Waals surface area contributed by atoms with E-state index in [-0.39, 0.29) is 0 Å². The molecular weight excluding hydrogens is 124 g/mol. The third kappa shape index (κ3) is 1.29. The highest BCUT2D eigenvalue weighted by Gasteiger charge is 2.04. The summed E-state index contributed by atoms with van der Waals surface area (Å²) >= 11 is 0. The summed E-state index contributed by atoms with van der Waals surface area (Å²) in [6.45, 7) is 0.635. The molecule has 0 fully saturated rings. The lowest BCUT2D eigenvalue weighted by molar-refractivity contribution is 0.228. The highest BCUT2D eigenvalue weighted by molar-refractivity contribution is 5.43. The van der Waals surface area contributed by atoms with Crippen molar-refractivity contribution in [3.05, 3.63) is 23.3 Å². The Morgan fingerprint density at radius 2 is 2.60 bits per heavy atom. The highest BCUT2D eigenvalue weighted by atomic mass is 16.5. The van der Waals surface area contributed by atoms with Gasteiger partial charge in [-0.1, -0.05) is 18.1 Å². The minimum atomic E-state index is 0.635. The zero-order valence-electron chi connectivity index (χ0n) is 6.05. The van der Waals surface area contributed by atoms with E-state index in [0.29, 0.717) is 6.61 Å². The van der Waals surface area contributed by atoms with E-state index in [9.17, 15) is 0 Å². The fourth-order valence-electron chi connectivity index (χ4n) is 0.993. The first-order valence-corrected chi connectivity index (χ1v) is 3.22. The van der Waals surface area contributed by atoms with Crippen molar-refractivity contribution < 1.29 is 4.74 Å². The molecule has 0 radical (unpaired) electrons. The van der Waals surface area contributed by atoms with Crippen LogP contribution in [0.3, 0.4) is 0 Å². The number of hydrogen-bond donors (Lipinski definition) is 0. The van der Waals surface area contributed by atoms with Gasteiger partial charge in [0.1, 0.15) is 0 Å². The van der Waals surface area contributed by atoms with Crippen LogP contribution in [0.5, 0.6) is 0 Å². The predicted molar refractivity (Wildman–Crippen MR) is 41.5 cm³/mol. The topological polar surface area (TPSA) is 9.23 Å². The fraction of sp³-hybridized carbons (Fsp3) is 0.333. The van der Waals surface area contributed by atoms with Gasteiger partial charge in [0.2, 0.25) is 0 Å². The third-order valence-corrected chi connectivity index (χ3v) is 1.50. The molecule has 0 amide bonds. The molecule has 0 saturated carbocycles. The van der Waals surface area contributed by atoms with Crippen LogP contribution in [0.25, 0.3) is 0 Å². The Morgan fingerprint density at radius 1 is 1.80 bits per heavy atom. The molecule has 1 heteroatoms. The van der Waals surface area contributed by atoms with Gasteiger partial charge in [-0.25, -0.2) is 0 Å². The second kappa shape index (κ2) is 3.24. The lowest BCUT2D eigenvalue weighted by Crippen LogP contribution is -1.91. The van der Waals surface area contributed by atoms with Gasteiger partial charge in [0.25, 0.3) is 0 Å². The van der Waals surface area contributed by atoms with Crippen molar-refractivity contribution >= 4 is 0 Å². The summed E-state index contributed by atoms with van der Waals surface area (Å²) in [7, 11) is 1.67. The summed E-state index contributed by atoms with van der Waals surface area (Å²) in [5, 5.41) is 0. The lowest BCUT2D eigenvalue weighted by Gasteiger charge is -1.97. The summed E-state index contributed by atoms with van der Waals surface area (Å²) in [6, 6.07) is 0. The van der Waals surface area contributed by atoms with E-state index in [1.807, 2.05) is 6.08 Å². The predicted octanol–water partition coefficient (Wildman–Crippen LogP) is 1.52. The first-order valence-electron chi connectivity index (χ1n) is 3.22. The maximum atomic E-state index is 5.25. The van der Waals surface area contributed by atoms with Crippen LogP contribution in [-0.4, -0.2) is 13.7 Å². The second-order valence-electron chi connectivity index (χ2n) is 2.19. The first kappa shape index (κ1) is 7.11. The fourth-order valence-corrected chi connectivity index (χ4v) is 0.993. The molecule has 52 valence electrons. The molecule has 0 heterocycles. The molecular formula is C9H10O. The summed E-state index contributed by atoms with van der Waals surface area (Å²) < 4.78 is 4.95. The molecule has 1 aliphatic carbocycles. The van der Waals surface area contributed by atoms with E-state index in [4.69, 9.17) is 11.2 Å². The highest BCUT2D eigenvalue weighted by Crippen LogP contribution is 2.17. The van der Waals surface area contributed by atoms with E-state index in [0.717, 1.165) is 17.6 Å². The first-order chi connectivity index (χ1) is 4.88. The molecule has 0 spiro atoms. The Kier molecular flexibility index (Phi) is 2.30. The molecule has 0 aromatic carbocycles. The van der Waals surface area contributed by atoms with Crippen molar-refractivity contribution in [3.63, 3.8) is 0 Å². The molecule has 0 aromatic rings. The monoisotopic (exact) mass is 134 g/mol. The summed E-state index contributed by atoms with van der Waals surface area (Å²) in [4.78, 5) is 0. The minimum Gasteiger partial charge on any atom is -0.380 e. The maximum Gasteiger partial charge on any atom is 0.0721 e. The van der Waals surface area contributed by atoms with Gasteiger partial charge in [-0.2, -0.15) is 0 Å². The summed E-state index contributed by atoms with van der Waals surface area (Å²) in [6.07, 6.45) is 10.2. The summed E-state index contributed by atoms with van der Waals surface area (Å²) in [5.74, 6) is 2.64. The van der Waals surface area contributed by atoms with Gasteiger partial charge in [-0.3, -0.25) is 0 Å². The molecule has 0 atom stereocenters. The van der Waals surface area contributed by atoms with Crippen molar-refractivity contribution in [3.8, 4) is 12.3 Å². The normalized spacial score (nSPS) is 16.0. The van der Waals surface area contributed by atoms with Crippen LogP contribution in [0.15, 0.2) is 23.3 Å². The Balaban J connectivity index is 2.69. The lowest BCUT2D eigenvalue weighted by atomic mass is 10.2. The SMILES string of the molecule is C#CC1=C(COC)C=CC1. The Morgan fingerprint density at radius 3 is 3.20 bits per heavy atom. The molecule has 0 aromatic heterocycles. The number of allylic oxidation sites excluding steroid dienone is 2. The number of hydrogen-bond acceptors (Lipinski definition) is 1. The molecule has 0 bridgehead atoms. The van der Waals surface area contributed by atoms with Crippen LogP contribution < -0.4 is 0 Å². The van der Waals surface area contributed by atoms with Crippen molar-refractivity contribution in [2.45, 2.75) is 6.42 Å². The Labute approximate surface area is 61.4 Å². The molecule has 1 aliphatic rings. The van der Waals surface area contributed by atoms with Gasteiger partial charge < -0.3 is 4.74 Å². The number of rotatable bonds is 2. The van der Waals surface area contributed by atoms with Crippen LogP contribution in [0.4, 0.5) is 0 Å². The van der Waals surface area contributed by atoms with E-state index in [1.54, 1.807) is 7.11 Å². The third-order valence-electron chi connectivity index (χ3n) is 1.50. The maximum absolute atomic E-state index is 5.25. The standard InChI is InChI=1S/C9H10O/c1-3-8-5-4-6-9(8)7-10-2/h1,4,6H,5,7H2,2H3. The minimum absolute atomic E-state index is 0.635. The van der Waals surface area contributed by atoms with Gasteiger partial charge in [-0.05, 0) is 12.0 Å². The molecule has 1 rings (SSSR count). The van der Waals surface area contributed by atoms with Crippen molar-refractivity contribution in [1.29, 1.82) is 0 Å². The smallest absolute Gasteiger partial charge is 0.0721 e. The largest absolute Gasteiger partial charge is 0.380 e. The molecule has 0 aliphatic heterocycles. The Bertz CT molecular complexity index is 215. The number of ether oxygens (including phenoxy) is 1. The van der Waals surface area contributed by atoms with Crippen molar-refractivity contribution in [2.24, 2.45) is 0 Å². The van der Waals surface area contributed by atoms with Gasteiger partial charge in [0.15, 0.2) is 0 Å². The second-order valence-corrected chi connectivity index (χ2v) is 2.19. The molecule has 0 unspecified atom stereocenters. The molecule has 1 nitrogen and oxygen atoms in total. The Hall–Kier alpha value is -1.00. The van der Waals surface area contributed by atoms with Gasteiger partial charge >= 0.3 is 0 Å². The van der Waals surface area contributed by atoms with Crippen LogP contribution in [0.2, 0.25) is 0 Å². The van der Waals surface area contributed by atoms with E-state index in [1.165, 1.54) is 0 Å². The van der Waals surface area contributed by atoms with Crippen molar-refractivity contribution in [2.75, 3.05) is 13.7 Å². The average molecular weight is 134 g/mol. The average Bonchev–Trinajstić information content (AvgIpc) is 2.36. The van der Waals surface area contributed by atoms with Gasteiger partial charge in [0, 0.05) is 12.7 Å². The number of methoxy groups -OCH3 is 1. The molecule has 10 heavy (non-hydrogen) atoms. The number of terminal acetylenes is 1. The molecule has 0 N–H and O–H groups in total. The van der Waals surface area contributed by atoms with Crippen LogP contribution in [0, 0.1) is 12.3 Å². The van der Waals surface area contributed by atoms with Crippen LogP contribution >= 0.6 is 0 Å². The van der Waals surface area contributed by atoms with Gasteiger partial charge in [0.05, 0.1) is 6.61 Å². The van der Waals surface area contributed by atoms with E-state index >= 15 is 0 Å². The quantitative estimate of drug-likeness (QED) is 0.520. The zero-order chi connectivity index (χ0) is 7.40. The van der Waals surface area contributed by atoms with Crippen molar-refractivity contribution in [1.82, 2.24) is 0 Å². The van der Waals surface area contributed by atoms with Gasteiger partial charge in [-0.15, -0.1) is 6.42 Å². The van der Waals surface area contributed by atoms with Crippen LogP contribution in [-0.2, 0) is 4.74 Å². The van der Waals surface area contributed by atoms with E-state index in [2.05, 4.69) is 12.0 Å².